The Kier molecular flexibility index (Phi) is 4.62. The first-order valence-corrected chi connectivity index (χ1v) is 7.56. The molecule has 106 valence electrons. The van der Waals surface area contributed by atoms with Crippen molar-refractivity contribution in [1.29, 1.82) is 0 Å². The van der Waals surface area contributed by atoms with E-state index in [0.717, 1.165) is 31.0 Å². The maximum atomic E-state index is 11.9. The Morgan fingerprint density at radius 1 is 1.58 bits per heavy atom. The first-order valence-electron chi connectivity index (χ1n) is 6.77. The van der Waals surface area contributed by atoms with Crippen LogP contribution in [0.25, 0.3) is 0 Å². The van der Waals surface area contributed by atoms with Gasteiger partial charge in [-0.2, -0.15) is 5.10 Å². The topological polar surface area (TPSA) is 64.2 Å². The monoisotopic (exact) mass is 328 g/mol. The molecule has 2 unspecified atom stereocenters. The summed E-state index contributed by atoms with van der Waals surface area (Å²) in [5.41, 5.74) is 6.67. The van der Waals surface area contributed by atoms with Crippen molar-refractivity contribution in [2.75, 3.05) is 18.0 Å². The minimum absolute atomic E-state index is 0.106. The molecule has 1 aromatic heterocycles. The van der Waals surface area contributed by atoms with E-state index in [-0.39, 0.29) is 5.56 Å². The lowest BCUT2D eigenvalue weighted by Crippen LogP contribution is -2.47. The highest BCUT2D eigenvalue weighted by Crippen LogP contribution is 2.31. The minimum Gasteiger partial charge on any atom is -0.365 e. The molecule has 0 saturated carbocycles. The third kappa shape index (κ3) is 2.84. The first kappa shape index (κ1) is 14.5. The van der Waals surface area contributed by atoms with E-state index >= 15 is 0 Å². The number of nitrogens with zero attached hydrogens (tertiary/aromatic N) is 3. The Hall–Kier alpha value is -0.880. The van der Waals surface area contributed by atoms with Crippen LogP contribution >= 0.6 is 15.9 Å². The lowest BCUT2D eigenvalue weighted by atomic mass is 9.88. The average Bonchev–Trinajstić information content (AvgIpc) is 2.44. The molecule has 6 heteroatoms. The predicted molar refractivity (Wildman–Crippen MR) is 80.4 cm³/mol. The van der Waals surface area contributed by atoms with E-state index in [4.69, 9.17) is 5.73 Å². The number of hydrogen-bond donors (Lipinski definition) is 1. The molecular formula is C13H21BrN4O. The summed E-state index contributed by atoms with van der Waals surface area (Å²) in [7, 11) is 1.65. The van der Waals surface area contributed by atoms with Gasteiger partial charge in [-0.3, -0.25) is 4.79 Å². The van der Waals surface area contributed by atoms with Gasteiger partial charge >= 0.3 is 0 Å². The molecule has 2 N–H and O–H groups in total. The van der Waals surface area contributed by atoms with Crippen LogP contribution in [-0.2, 0) is 7.05 Å². The zero-order chi connectivity index (χ0) is 14.0. The van der Waals surface area contributed by atoms with Crippen molar-refractivity contribution in [3.63, 3.8) is 0 Å². The van der Waals surface area contributed by atoms with Crippen LogP contribution in [0.5, 0.6) is 0 Å². The average molecular weight is 329 g/mol. The summed E-state index contributed by atoms with van der Waals surface area (Å²) in [5, 5.41) is 4.11. The summed E-state index contributed by atoms with van der Waals surface area (Å²) in [5.74, 6) is 0.739. The molecule has 0 amide bonds. The molecule has 5 nitrogen and oxygen atoms in total. The quantitative estimate of drug-likeness (QED) is 0.913. The molecule has 1 fully saturated rings. The zero-order valence-corrected chi connectivity index (χ0v) is 13.1. The molecule has 2 atom stereocenters. The maximum absolute atomic E-state index is 11.9. The molecule has 1 aliphatic heterocycles. The van der Waals surface area contributed by atoms with Gasteiger partial charge in [0.2, 0.25) is 0 Å². The number of hydrogen-bond acceptors (Lipinski definition) is 4. The van der Waals surface area contributed by atoms with Crippen LogP contribution in [0.4, 0.5) is 5.69 Å². The summed E-state index contributed by atoms with van der Waals surface area (Å²) in [6, 6.07) is 0.295. The van der Waals surface area contributed by atoms with Gasteiger partial charge in [-0.25, -0.2) is 4.68 Å². The largest absolute Gasteiger partial charge is 0.365 e. The smallest absolute Gasteiger partial charge is 0.282 e. The fraction of sp³-hybridized carbons (Fsp3) is 0.692. The Balaban J connectivity index is 2.31. The lowest BCUT2D eigenvalue weighted by Gasteiger charge is -2.40. The third-order valence-electron chi connectivity index (χ3n) is 4.04. The van der Waals surface area contributed by atoms with Gasteiger partial charge in [-0.05, 0) is 34.7 Å². The Morgan fingerprint density at radius 3 is 2.95 bits per heavy atom. The van der Waals surface area contributed by atoms with E-state index in [1.807, 2.05) is 0 Å². The van der Waals surface area contributed by atoms with Gasteiger partial charge < -0.3 is 10.6 Å². The second kappa shape index (κ2) is 6.05. The summed E-state index contributed by atoms with van der Waals surface area (Å²) in [4.78, 5) is 14.2. The van der Waals surface area contributed by atoms with Gasteiger partial charge in [0.1, 0.15) is 4.47 Å². The Morgan fingerprint density at radius 2 is 2.32 bits per heavy atom. The molecule has 1 aliphatic rings. The number of halogens is 1. The Labute approximate surface area is 121 Å². The van der Waals surface area contributed by atoms with Gasteiger partial charge in [0.15, 0.2) is 0 Å². The van der Waals surface area contributed by atoms with Gasteiger partial charge in [0, 0.05) is 26.2 Å². The van der Waals surface area contributed by atoms with E-state index in [2.05, 4.69) is 32.9 Å². The fourth-order valence-electron chi connectivity index (χ4n) is 2.75. The van der Waals surface area contributed by atoms with Crippen LogP contribution in [-0.4, -0.2) is 28.9 Å². The normalized spacial score (nSPS) is 23.7. The second-order valence-electron chi connectivity index (χ2n) is 5.15. The summed E-state index contributed by atoms with van der Waals surface area (Å²) in [6.07, 6.45) is 5.18. The standard InChI is InChI=1S/C13H21BrN4O/c1-3-9-4-5-18(10(6-9)7-15)11-8-16-17(2)13(19)12(11)14/h8-10H,3-7,15H2,1-2H3. The summed E-state index contributed by atoms with van der Waals surface area (Å²) in [6.45, 7) is 3.77. The number of aryl methyl sites for hydroxylation is 1. The molecule has 2 rings (SSSR count). The van der Waals surface area contributed by atoms with Crippen LogP contribution < -0.4 is 16.2 Å². The summed E-state index contributed by atoms with van der Waals surface area (Å²) < 4.78 is 1.92. The van der Waals surface area contributed by atoms with Crippen molar-refractivity contribution >= 4 is 21.6 Å². The van der Waals surface area contributed by atoms with Crippen molar-refractivity contribution in [3.8, 4) is 0 Å². The number of anilines is 1. The van der Waals surface area contributed by atoms with E-state index in [0.29, 0.717) is 17.1 Å². The van der Waals surface area contributed by atoms with E-state index in [1.54, 1.807) is 13.2 Å². The van der Waals surface area contributed by atoms with E-state index in [9.17, 15) is 4.79 Å². The van der Waals surface area contributed by atoms with Gasteiger partial charge in [0.05, 0.1) is 11.9 Å². The van der Waals surface area contributed by atoms with Crippen molar-refractivity contribution < 1.29 is 0 Å². The minimum atomic E-state index is -0.106. The van der Waals surface area contributed by atoms with E-state index in [1.165, 1.54) is 11.1 Å². The molecule has 0 bridgehead atoms. The molecule has 0 aromatic carbocycles. The predicted octanol–water partition coefficient (Wildman–Crippen LogP) is 1.50. The van der Waals surface area contributed by atoms with Crippen molar-refractivity contribution in [2.24, 2.45) is 18.7 Å². The van der Waals surface area contributed by atoms with Crippen LogP contribution in [0.1, 0.15) is 26.2 Å². The van der Waals surface area contributed by atoms with Crippen LogP contribution in [0.15, 0.2) is 15.5 Å². The molecule has 1 aromatic rings. The van der Waals surface area contributed by atoms with Crippen LogP contribution in [0.2, 0.25) is 0 Å². The van der Waals surface area contributed by atoms with Gasteiger partial charge in [-0.1, -0.05) is 13.3 Å². The third-order valence-corrected chi connectivity index (χ3v) is 4.79. The molecule has 0 radical (unpaired) electrons. The van der Waals surface area contributed by atoms with Gasteiger partial charge in [0.25, 0.3) is 5.56 Å². The number of piperidine rings is 1. The highest BCUT2D eigenvalue weighted by Gasteiger charge is 2.28. The summed E-state index contributed by atoms with van der Waals surface area (Å²) >= 11 is 3.40. The first-order chi connectivity index (χ1) is 9.08. The second-order valence-corrected chi connectivity index (χ2v) is 5.95. The van der Waals surface area contributed by atoms with Gasteiger partial charge in [-0.15, -0.1) is 0 Å². The molecule has 0 spiro atoms. The molecular weight excluding hydrogens is 308 g/mol. The number of aromatic nitrogens is 2. The molecule has 19 heavy (non-hydrogen) atoms. The van der Waals surface area contributed by atoms with Crippen LogP contribution in [0.3, 0.4) is 0 Å². The highest BCUT2D eigenvalue weighted by atomic mass is 79.9. The highest BCUT2D eigenvalue weighted by molar-refractivity contribution is 9.10. The molecule has 0 aliphatic carbocycles. The van der Waals surface area contributed by atoms with Crippen LogP contribution in [0, 0.1) is 5.92 Å². The number of rotatable bonds is 3. The van der Waals surface area contributed by atoms with Crippen molar-refractivity contribution in [1.82, 2.24) is 9.78 Å². The SMILES string of the molecule is CCC1CCN(c2cnn(C)c(=O)c2Br)C(CN)C1. The lowest BCUT2D eigenvalue weighted by molar-refractivity contribution is 0.335. The zero-order valence-electron chi connectivity index (χ0n) is 11.5. The number of nitrogens with two attached hydrogens (primary N) is 1. The van der Waals surface area contributed by atoms with Crippen molar-refractivity contribution in [2.45, 2.75) is 32.2 Å². The van der Waals surface area contributed by atoms with E-state index < -0.39 is 0 Å². The molecule has 1 saturated heterocycles. The Bertz CT molecular complexity index is 502. The molecule has 2 heterocycles. The fourth-order valence-corrected chi connectivity index (χ4v) is 3.33. The maximum Gasteiger partial charge on any atom is 0.282 e. The van der Waals surface area contributed by atoms with Crippen molar-refractivity contribution in [3.05, 3.63) is 21.0 Å².